The molecule has 1 N–H and O–H groups in total. The summed E-state index contributed by atoms with van der Waals surface area (Å²) in [4.78, 5) is 12.7. The van der Waals surface area contributed by atoms with Crippen LogP contribution in [0.25, 0.3) is 5.69 Å². The van der Waals surface area contributed by atoms with Crippen molar-refractivity contribution in [2.45, 2.75) is 13.0 Å². The number of benzene rings is 2. The van der Waals surface area contributed by atoms with E-state index in [2.05, 4.69) is 10.4 Å². The fraction of sp³-hybridized carbons (Fsp3) is 0.200. The lowest BCUT2D eigenvalue weighted by atomic mass is 10.1. The first-order valence-corrected chi connectivity index (χ1v) is 8.62. The number of para-hydroxylation sites is 2. The number of rotatable bonds is 4. The lowest BCUT2D eigenvalue weighted by molar-refractivity contribution is 0.0929. The number of amides is 1. The van der Waals surface area contributed by atoms with E-state index in [-0.39, 0.29) is 17.8 Å². The highest BCUT2D eigenvalue weighted by Crippen LogP contribution is 2.33. The third-order valence-corrected chi connectivity index (χ3v) is 4.36. The number of nitrogens with zero attached hydrogens (tertiary/aromatic N) is 2. The van der Waals surface area contributed by atoms with Crippen LogP contribution >= 0.6 is 0 Å². The van der Waals surface area contributed by atoms with Crippen molar-refractivity contribution in [1.29, 1.82) is 0 Å². The van der Waals surface area contributed by atoms with E-state index in [1.807, 2.05) is 6.92 Å². The van der Waals surface area contributed by atoms with E-state index in [1.54, 1.807) is 48.8 Å². The largest absolute Gasteiger partial charge is 0.486 e. The van der Waals surface area contributed by atoms with Gasteiger partial charge in [-0.05, 0) is 31.2 Å². The second kappa shape index (κ2) is 7.11. The number of hydrogen-bond acceptors (Lipinski definition) is 4. The van der Waals surface area contributed by atoms with Crippen molar-refractivity contribution in [3.05, 3.63) is 71.8 Å². The smallest absolute Gasteiger partial charge is 0.255 e. The minimum atomic E-state index is -0.364. The van der Waals surface area contributed by atoms with Gasteiger partial charge in [-0.15, -0.1) is 0 Å². The normalized spacial score (nSPS) is 13.9. The summed E-state index contributed by atoms with van der Waals surface area (Å²) in [6, 6.07) is 11.3. The zero-order chi connectivity index (χ0) is 18.8. The number of halogens is 1. The molecule has 1 amide bonds. The Morgan fingerprint density at radius 1 is 1.19 bits per heavy atom. The number of carbonyl (C=O) groups excluding carboxylic acids is 1. The van der Waals surface area contributed by atoms with Crippen LogP contribution in [0.1, 0.15) is 28.9 Å². The Morgan fingerprint density at radius 3 is 2.85 bits per heavy atom. The summed E-state index contributed by atoms with van der Waals surface area (Å²) in [5.74, 6) is 0.379. The van der Waals surface area contributed by atoms with E-state index >= 15 is 0 Å². The maximum absolute atomic E-state index is 13.9. The van der Waals surface area contributed by atoms with Crippen molar-refractivity contribution < 1.29 is 18.7 Å². The van der Waals surface area contributed by atoms with E-state index in [0.29, 0.717) is 36.0 Å². The molecule has 4 rings (SSSR count). The predicted octanol–water partition coefficient (Wildman–Crippen LogP) is 3.27. The van der Waals surface area contributed by atoms with Crippen molar-refractivity contribution in [1.82, 2.24) is 15.1 Å². The highest BCUT2D eigenvalue weighted by atomic mass is 19.1. The van der Waals surface area contributed by atoms with Crippen LogP contribution in [-0.4, -0.2) is 28.9 Å². The molecule has 0 radical (unpaired) electrons. The minimum absolute atomic E-state index is 0.275. The van der Waals surface area contributed by atoms with Gasteiger partial charge in [0.25, 0.3) is 5.91 Å². The molecule has 0 aliphatic carbocycles. The lowest BCUT2D eigenvalue weighted by Gasteiger charge is -2.21. The maximum Gasteiger partial charge on any atom is 0.255 e. The maximum atomic E-state index is 13.9. The molecule has 0 saturated carbocycles. The molecular weight excluding hydrogens is 349 g/mol. The Hall–Kier alpha value is -3.35. The van der Waals surface area contributed by atoms with Crippen molar-refractivity contribution in [2.24, 2.45) is 0 Å². The topological polar surface area (TPSA) is 65.4 Å². The van der Waals surface area contributed by atoms with Gasteiger partial charge in [-0.25, -0.2) is 9.07 Å². The second-order valence-corrected chi connectivity index (χ2v) is 6.19. The Labute approximate surface area is 155 Å². The Kier molecular flexibility index (Phi) is 4.50. The zero-order valence-corrected chi connectivity index (χ0v) is 14.7. The molecular formula is C20H18FN3O3. The minimum Gasteiger partial charge on any atom is -0.486 e. The first-order chi connectivity index (χ1) is 13.1. The van der Waals surface area contributed by atoms with Gasteiger partial charge < -0.3 is 14.8 Å². The fourth-order valence-electron chi connectivity index (χ4n) is 2.94. The van der Waals surface area contributed by atoms with Crippen LogP contribution in [0.4, 0.5) is 4.39 Å². The summed E-state index contributed by atoms with van der Waals surface area (Å²) >= 11 is 0. The van der Waals surface area contributed by atoms with Crippen LogP contribution in [0.3, 0.4) is 0 Å². The first kappa shape index (κ1) is 17.1. The van der Waals surface area contributed by atoms with E-state index in [1.165, 1.54) is 10.7 Å². The molecule has 6 nitrogen and oxygen atoms in total. The summed E-state index contributed by atoms with van der Waals surface area (Å²) in [7, 11) is 0. The molecule has 27 heavy (non-hydrogen) atoms. The van der Waals surface area contributed by atoms with Crippen LogP contribution in [-0.2, 0) is 0 Å². The fourth-order valence-corrected chi connectivity index (χ4v) is 2.94. The van der Waals surface area contributed by atoms with Crippen LogP contribution < -0.4 is 14.8 Å². The first-order valence-electron chi connectivity index (χ1n) is 8.62. The number of ether oxygens (including phenoxy) is 2. The van der Waals surface area contributed by atoms with Gasteiger partial charge in [0.15, 0.2) is 11.5 Å². The van der Waals surface area contributed by atoms with Gasteiger partial charge in [-0.2, -0.15) is 5.10 Å². The molecule has 0 spiro atoms. The third kappa shape index (κ3) is 3.36. The van der Waals surface area contributed by atoms with Gasteiger partial charge in [0.1, 0.15) is 24.7 Å². The molecule has 138 valence electrons. The standard InChI is InChI=1S/C20H18FN3O3/c1-13(14-11-22-24(12-14)17-7-3-2-6-16(17)21)23-20(25)15-5-4-8-18-19(15)27-10-9-26-18/h2-8,11-13H,9-10H2,1H3,(H,23,25). The SMILES string of the molecule is CC(NC(=O)c1cccc2c1OCCO2)c1cnn(-c2ccccc2F)c1. The number of hydrogen-bond donors (Lipinski definition) is 1. The average Bonchev–Trinajstić information content (AvgIpc) is 3.18. The monoisotopic (exact) mass is 367 g/mol. The Morgan fingerprint density at radius 2 is 2.00 bits per heavy atom. The number of carbonyl (C=O) groups is 1. The second-order valence-electron chi connectivity index (χ2n) is 6.19. The molecule has 7 heteroatoms. The van der Waals surface area contributed by atoms with Gasteiger partial charge >= 0.3 is 0 Å². The highest BCUT2D eigenvalue weighted by molar-refractivity contribution is 5.98. The van der Waals surface area contributed by atoms with Gasteiger partial charge in [0.05, 0.1) is 17.8 Å². The summed E-state index contributed by atoms with van der Waals surface area (Å²) in [6.07, 6.45) is 3.31. The summed E-state index contributed by atoms with van der Waals surface area (Å²) in [5, 5.41) is 7.12. The Bertz CT molecular complexity index is 986. The number of aromatic nitrogens is 2. The van der Waals surface area contributed by atoms with Gasteiger partial charge in [-0.3, -0.25) is 4.79 Å². The molecule has 2 aromatic carbocycles. The molecule has 1 unspecified atom stereocenters. The third-order valence-electron chi connectivity index (χ3n) is 4.36. The molecule has 0 bridgehead atoms. The predicted molar refractivity (Wildman–Crippen MR) is 96.8 cm³/mol. The van der Waals surface area contributed by atoms with Crippen LogP contribution in [0, 0.1) is 5.82 Å². The van der Waals surface area contributed by atoms with E-state index < -0.39 is 0 Å². The van der Waals surface area contributed by atoms with Crippen LogP contribution in [0.2, 0.25) is 0 Å². The van der Waals surface area contributed by atoms with Gasteiger partial charge in [0.2, 0.25) is 0 Å². The summed E-state index contributed by atoms with van der Waals surface area (Å²) < 4.78 is 26.5. The molecule has 1 atom stereocenters. The van der Waals surface area contributed by atoms with E-state index in [4.69, 9.17) is 9.47 Å². The summed E-state index contributed by atoms with van der Waals surface area (Å²) in [5.41, 5.74) is 1.53. The van der Waals surface area contributed by atoms with E-state index in [9.17, 15) is 9.18 Å². The molecule has 1 aliphatic rings. The van der Waals surface area contributed by atoms with Gasteiger partial charge in [0, 0.05) is 11.8 Å². The van der Waals surface area contributed by atoms with Crippen molar-refractivity contribution >= 4 is 5.91 Å². The lowest BCUT2D eigenvalue weighted by Crippen LogP contribution is -2.28. The van der Waals surface area contributed by atoms with Gasteiger partial charge in [-0.1, -0.05) is 18.2 Å². The van der Waals surface area contributed by atoms with E-state index in [0.717, 1.165) is 5.56 Å². The molecule has 1 aliphatic heterocycles. The number of nitrogens with one attached hydrogen (secondary N) is 1. The van der Waals surface area contributed by atoms with Crippen LogP contribution in [0.5, 0.6) is 11.5 Å². The molecule has 1 aromatic heterocycles. The zero-order valence-electron chi connectivity index (χ0n) is 14.7. The van der Waals surface area contributed by atoms with Crippen molar-refractivity contribution in [3.8, 4) is 17.2 Å². The highest BCUT2D eigenvalue weighted by Gasteiger charge is 2.22. The van der Waals surface area contributed by atoms with Crippen molar-refractivity contribution in [2.75, 3.05) is 13.2 Å². The molecule has 0 fully saturated rings. The molecule has 2 heterocycles. The molecule has 3 aromatic rings. The molecule has 0 saturated heterocycles. The van der Waals surface area contributed by atoms with Crippen LogP contribution in [0.15, 0.2) is 54.9 Å². The number of fused-ring (bicyclic) bond motifs is 1. The quantitative estimate of drug-likeness (QED) is 0.769. The Balaban J connectivity index is 1.53. The van der Waals surface area contributed by atoms with Crippen molar-refractivity contribution in [3.63, 3.8) is 0 Å². The average molecular weight is 367 g/mol. The summed E-state index contributed by atoms with van der Waals surface area (Å²) in [6.45, 7) is 2.71.